The number of carbonyl (C=O) groups is 1. The van der Waals surface area contributed by atoms with E-state index in [1.807, 2.05) is 66.7 Å². The lowest BCUT2D eigenvalue weighted by atomic mass is 10.2. The fourth-order valence-corrected chi connectivity index (χ4v) is 4.67. The molecule has 0 unspecified atom stereocenters. The highest BCUT2D eigenvalue weighted by atomic mass is 32.2. The minimum Gasteiger partial charge on any atom is -0.299 e. The molecule has 2 aromatic carbocycles. The third kappa shape index (κ3) is 3.59. The molecular weight excluding hydrogens is 376 g/mol. The van der Waals surface area contributed by atoms with E-state index in [1.54, 1.807) is 4.57 Å². The number of Topliss-reactive ketones (excluding diaryl/α,β-unsaturated/α-hetero) is 1. The van der Waals surface area contributed by atoms with Crippen LogP contribution in [0.15, 0.2) is 76.7 Å². The van der Waals surface area contributed by atoms with Crippen molar-refractivity contribution in [2.24, 2.45) is 0 Å². The molecule has 0 aliphatic heterocycles. The van der Waals surface area contributed by atoms with Gasteiger partial charge in [-0.3, -0.25) is 14.2 Å². The van der Waals surface area contributed by atoms with Crippen molar-refractivity contribution >= 4 is 39.1 Å². The van der Waals surface area contributed by atoms with Gasteiger partial charge in [-0.25, -0.2) is 4.98 Å². The van der Waals surface area contributed by atoms with Crippen LogP contribution in [0.25, 0.3) is 26.3 Å². The van der Waals surface area contributed by atoms with Gasteiger partial charge < -0.3 is 0 Å². The van der Waals surface area contributed by atoms with Crippen molar-refractivity contribution in [2.45, 2.75) is 12.1 Å². The van der Waals surface area contributed by atoms with E-state index in [4.69, 9.17) is 4.98 Å². The first kappa shape index (κ1) is 17.7. The summed E-state index contributed by atoms with van der Waals surface area (Å²) < 4.78 is 1.59. The third-order valence-electron chi connectivity index (χ3n) is 4.01. The summed E-state index contributed by atoms with van der Waals surface area (Å²) in [6, 6.07) is 21.3. The van der Waals surface area contributed by atoms with Crippen LogP contribution < -0.4 is 5.56 Å². The molecule has 0 aliphatic carbocycles. The molecule has 4 aromatic rings. The van der Waals surface area contributed by atoms with Gasteiger partial charge in [0, 0.05) is 4.88 Å². The van der Waals surface area contributed by atoms with Crippen molar-refractivity contribution in [2.75, 3.05) is 5.75 Å². The first-order chi connectivity index (χ1) is 13.1. The van der Waals surface area contributed by atoms with Crippen molar-refractivity contribution < 1.29 is 4.79 Å². The molecule has 6 heteroatoms. The molecule has 0 bridgehead atoms. The summed E-state index contributed by atoms with van der Waals surface area (Å²) in [5.41, 5.74) is 1.69. The van der Waals surface area contributed by atoms with E-state index in [0.717, 1.165) is 16.1 Å². The number of carbonyl (C=O) groups excluding carboxylic acids is 1. The highest BCUT2D eigenvalue weighted by Gasteiger charge is 2.17. The molecule has 134 valence electrons. The van der Waals surface area contributed by atoms with Gasteiger partial charge >= 0.3 is 0 Å². The van der Waals surface area contributed by atoms with Crippen LogP contribution in [0, 0.1) is 0 Å². The van der Waals surface area contributed by atoms with Crippen LogP contribution in [0.3, 0.4) is 0 Å². The molecule has 0 atom stereocenters. The quantitative estimate of drug-likeness (QED) is 0.362. The predicted octanol–water partition coefficient (Wildman–Crippen LogP) is 4.80. The van der Waals surface area contributed by atoms with Gasteiger partial charge in [-0.15, -0.1) is 11.3 Å². The molecule has 27 heavy (non-hydrogen) atoms. The van der Waals surface area contributed by atoms with Crippen molar-refractivity contribution in [1.82, 2.24) is 9.55 Å². The number of para-hydroxylation sites is 1. The Labute approximate surface area is 164 Å². The van der Waals surface area contributed by atoms with E-state index in [2.05, 4.69) is 0 Å². The molecule has 0 amide bonds. The second-order valence-corrected chi connectivity index (χ2v) is 8.03. The summed E-state index contributed by atoms with van der Waals surface area (Å²) in [6.07, 6.45) is 0. The highest BCUT2D eigenvalue weighted by molar-refractivity contribution is 7.99. The van der Waals surface area contributed by atoms with Crippen molar-refractivity contribution in [3.05, 3.63) is 77.1 Å². The molecule has 0 aliphatic rings. The summed E-state index contributed by atoms with van der Waals surface area (Å²) in [5.74, 6) is 0.326. The molecule has 4 nitrogen and oxygen atoms in total. The van der Waals surface area contributed by atoms with E-state index < -0.39 is 0 Å². The summed E-state index contributed by atoms with van der Waals surface area (Å²) in [4.78, 5) is 31.2. The number of hydrogen-bond donors (Lipinski definition) is 0. The first-order valence-corrected chi connectivity index (χ1v) is 10.2. The summed E-state index contributed by atoms with van der Waals surface area (Å²) in [5, 5.41) is 1.13. The number of rotatable bonds is 5. The Bertz CT molecular complexity index is 1170. The summed E-state index contributed by atoms with van der Waals surface area (Å²) in [7, 11) is 0. The maximum Gasteiger partial charge on any atom is 0.267 e. The molecule has 0 fully saturated rings. The molecule has 0 radical (unpaired) electrons. The lowest BCUT2D eigenvalue weighted by molar-refractivity contribution is -0.114. The first-order valence-electron chi connectivity index (χ1n) is 8.43. The lowest BCUT2D eigenvalue weighted by Crippen LogP contribution is -2.21. The van der Waals surface area contributed by atoms with Gasteiger partial charge in [0.05, 0.1) is 16.8 Å². The van der Waals surface area contributed by atoms with Gasteiger partial charge in [0.15, 0.2) is 5.16 Å². The molecule has 2 heterocycles. The fraction of sp³-hybridized carbons (Fsp3) is 0.0952. The van der Waals surface area contributed by atoms with Gasteiger partial charge in [-0.2, -0.15) is 0 Å². The molecule has 4 rings (SSSR count). The summed E-state index contributed by atoms with van der Waals surface area (Å²) >= 11 is 2.79. The lowest BCUT2D eigenvalue weighted by Gasteiger charge is -2.11. The van der Waals surface area contributed by atoms with Gasteiger partial charge in [0.2, 0.25) is 0 Å². The van der Waals surface area contributed by atoms with Crippen molar-refractivity contribution in [1.29, 1.82) is 0 Å². The van der Waals surface area contributed by atoms with Gasteiger partial charge in [-0.05, 0) is 30.7 Å². The Morgan fingerprint density at radius 2 is 1.74 bits per heavy atom. The largest absolute Gasteiger partial charge is 0.299 e. The van der Waals surface area contributed by atoms with Crippen LogP contribution in [-0.2, 0) is 4.79 Å². The van der Waals surface area contributed by atoms with Crippen LogP contribution in [0.2, 0.25) is 0 Å². The topological polar surface area (TPSA) is 52.0 Å². The maximum atomic E-state index is 13.3. The number of thiophene rings is 1. The number of fused-ring (bicyclic) bond motifs is 1. The van der Waals surface area contributed by atoms with Gasteiger partial charge in [0.25, 0.3) is 5.56 Å². The second kappa shape index (κ2) is 7.50. The number of nitrogens with zero attached hydrogens (tertiary/aromatic N) is 2. The van der Waals surface area contributed by atoms with E-state index in [-0.39, 0.29) is 17.1 Å². The van der Waals surface area contributed by atoms with Crippen LogP contribution in [-0.4, -0.2) is 21.1 Å². The van der Waals surface area contributed by atoms with E-state index in [0.29, 0.717) is 15.4 Å². The minimum atomic E-state index is -0.115. The highest BCUT2D eigenvalue weighted by Crippen LogP contribution is 2.32. The average Bonchev–Trinajstić information content (AvgIpc) is 3.12. The molecular formula is C21H16N2O2S2. The van der Waals surface area contributed by atoms with E-state index in [1.165, 1.54) is 30.0 Å². The molecule has 2 aromatic heterocycles. The monoisotopic (exact) mass is 392 g/mol. The normalized spacial score (nSPS) is 11.0. The third-order valence-corrected chi connectivity index (χ3v) is 6.17. The minimum absolute atomic E-state index is 0.0464. The Balaban J connectivity index is 1.93. The molecule has 0 saturated heterocycles. The Morgan fingerprint density at radius 1 is 1.07 bits per heavy atom. The molecule has 0 saturated carbocycles. The number of ketones is 1. The summed E-state index contributed by atoms with van der Waals surface area (Å²) in [6.45, 7) is 1.54. The van der Waals surface area contributed by atoms with Crippen LogP contribution in [0.1, 0.15) is 6.92 Å². The number of aromatic nitrogens is 2. The van der Waals surface area contributed by atoms with Crippen molar-refractivity contribution in [3.63, 3.8) is 0 Å². The second-order valence-electron chi connectivity index (χ2n) is 6.06. The standard InChI is InChI=1S/C21H16N2O2S2/c1-14(24)13-26-21-22-19-17(12-18(27-19)15-8-4-2-5-9-15)20(25)23(21)16-10-6-3-7-11-16/h2-12H,13H2,1H3. The average molecular weight is 393 g/mol. The van der Waals surface area contributed by atoms with E-state index >= 15 is 0 Å². The van der Waals surface area contributed by atoms with Crippen LogP contribution >= 0.6 is 23.1 Å². The zero-order valence-electron chi connectivity index (χ0n) is 14.6. The molecule has 0 N–H and O–H groups in total. The Morgan fingerprint density at radius 3 is 2.41 bits per heavy atom. The zero-order chi connectivity index (χ0) is 18.8. The van der Waals surface area contributed by atoms with Crippen LogP contribution in [0.5, 0.6) is 0 Å². The zero-order valence-corrected chi connectivity index (χ0v) is 16.2. The molecule has 0 spiro atoms. The number of benzene rings is 2. The van der Waals surface area contributed by atoms with Crippen LogP contribution in [0.4, 0.5) is 0 Å². The maximum absolute atomic E-state index is 13.3. The van der Waals surface area contributed by atoms with Crippen molar-refractivity contribution in [3.8, 4) is 16.1 Å². The van der Waals surface area contributed by atoms with Gasteiger partial charge in [0.1, 0.15) is 10.6 Å². The SMILES string of the molecule is CC(=O)CSc1nc2sc(-c3ccccc3)cc2c(=O)n1-c1ccccc1. The van der Waals surface area contributed by atoms with Gasteiger partial charge in [-0.1, -0.05) is 60.3 Å². The Kier molecular flexibility index (Phi) is 4.92. The smallest absolute Gasteiger partial charge is 0.267 e. The predicted molar refractivity (Wildman–Crippen MR) is 112 cm³/mol. The van der Waals surface area contributed by atoms with E-state index in [9.17, 15) is 9.59 Å². The number of hydrogen-bond acceptors (Lipinski definition) is 5. The fourth-order valence-electron chi connectivity index (χ4n) is 2.77. The Hall–Kier alpha value is -2.70. The number of thioether (sulfide) groups is 1.